The van der Waals surface area contributed by atoms with Crippen molar-refractivity contribution in [2.45, 2.75) is 84.0 Å². The summed E-state index contributed by atoms with van der Waals surface area (Å²) in [6.45, 7) is 3.01. The van der Waals surface area contributed by atoms with Crippen LogP contribution in [0.5, 0.6) is 5.75 Å². The number of nitrogens with zero attached hydrogens (tertiary/aromatic N) is 3. The van der Waals surface area contributed by atoms with Crippen molar-refractivity contribution < 1.29 is 4.74 Å². The molecule has 0 saturated carbocycles. The van der Waals surface area contributed by atoms with Gasteiger partial charge in [0.2, 0.25) is 0 Å². The highest BCUT2D eigenvalue weighted by atomic mass is 16.5. The minimum absolute atomic E-state index is 0.727. The number of unbranched alkanes of at least 4 members (excludes halogenated alkanes) is 11. The highest BCUT2D eigenvalue weighted by Gasteiger charge is 2.09. The fourth-order valence-corrected chi connectivity index (χ4v) is 4.01. The molecule has 0 unspecified atom stereocenters. The number of aromatic nitrogens is 3. The van der Waals surface area contributed by atoms with E-state index in [1.165, 1.54) is 70.6 Å². The summed E-state index contributed by atoms with van der Waals surface area (Å²) in [7, 11) is 0. The Morgan fingerprint density at radius 2 is 1.06 bits per heavy atom. The minimum atomic E-state index is 0.727. The van der Waals surface area contributed by atoms with Gasteiger partial charge in [-0.2, -0.15) is 0 Å². The molecule has 0 atom stereocenters. The average molecular weight is 446 g/mol. The predicted molar refractivity (Wildman–Crippen MR) is 137 cm³/mol. The molecule has 3 heterocycles. The lowest BCUT2D eigenvalue weighted by Gasteiger charge is -2.10. The van der Waals surface area contributed by atoms with E-state index in [1.807, 2.05) is 48.5 Å². The Hall–Kier alpha value is -2.75. The van der Waals surface area contributed by atoms with Crippen LogP contribution in [0.3, 0.4) is 0 Å². The molecular weight excluding hydrogens is 406 g/mol. The fourth-order valence-electron chi connectivity index (χ4n) is 4.01. The van der Waals surface area contributed by atoms with Gasteiger partial charge < -0.3 is 4.74 Å². The zero-order valence-electron chi connectivity index (χ0n) is 20.2. The van der Waals surface area contributed by atoms with Crippen LogP contribution in [0, 0.1) is 0 Å². The van der Waals surface area contributed by atoms with Gasteiger partial charge in [0.05, 0.1) is 29.4 Å². The van der Waals surface area contributed by atoms with Crippen molar-refractivity contribution in [2.24, 2.45) is 0 Å². The van der Waals surface area contributed by atoms with Crippen LogP contribution >= 0.6 is 0 Å². The third-order valence-corrected chi connectivity index (χ3v) is 5.92. The van der Waals surface area contributed by atoms with Crippen molar-refractivity contribution in [1.29, 1.82) is 0 Å². The third-order valence-electron chi connectivity index (χ3n) is 5.92. The summed E-state index contributed by atoms with van der Waals surface area (Å²) in [5, 5.41) is 0. The molecular formula is C29H39N3O. The van der Waals surface area contributed by atoms with Gasteiger partial charge in [-0.25, -0.2) is 4.98 Å². The van der Waals surface area contributed by atoms with Crippen molar-refractivity contribution in [3.05, 3.63) is 60.9 Å². The van der Waals surface area contributed by atoms with Crippen LogP contribution < -0.4 is 4.74 Å². The monoisotopic (exact) mass is 445 g/mol. The average Bonchev–Trinajstić information content (AvgIpc) is 2.88. The maximum atomic E-state index is 6.13. The first-order valence-corrected chi connectivity index (χ1v) is 12.8. The van der Waals surface area contributed by atoms with Crippen molar-refractivity contribution in [2.75, 3.05) is 6.61 Å². The summed E-state index contributed by atoms with van der Waals surface area (Å²) in [6, 6.07) is 15.7. The largest absolute Gasteiger partial charge is 0.493 e. The first kappa shape index (κ1) is 24.9. The maximum absolute atomic E-state index is 6.13. The van der Waals surface area contributed by atoms with Gasteiger partial charge in [-0.3, -0.25) is 9.97 Å². The standard InChI is InChI=1S/C29H39N3O/c1-2-3-4-5-6-7-8-9-10-11-12-17-22-33-25-23-28(26-18-13-15-20-30-26)32-29(24-25)27-19-14-16-21-31-27/h13-16,18-21,23-24H,2-12,17,22H2,1H3. The molecule has 4 heteroatoms. The quantitative estimate of drug-likeness (QED) is 0.208. The lowest BCUT2D eigenvalue weighted by atomic mass is 10.1. The maximum Gasteiger partial charge on any atom is 0.123 e. The number of rotatable bonds is 16. The van der Waals surface area contributed by atoms with Crippen LogP contribution in [-0.4, -0.2) is 21.6 Å². The van der Waals surface area contributed by atoms with Gasteiger partial charge in [-0.05, 0) is 30.7 Å². The summed E-state index contributed by atoms with van der Waals surface area (Å²) < 4.78 is 6.13. The molecule has 0 aliphatic heterocycles. The van der Waals surface area contributed by atoms with E-state index in [0.717, 1.165) is 41.6 Å². The van der Waals surface area contributed by atoms with Gasteiger partial charge in [0.15, 0.2) is 0 Å². The van der Waals surface area contributed by atoms with Crippen LogP contribution in [0.15, 0.2) is 60.9 Å². The SMILES string of the molecule is CCCCCCCCCCCCCCOc1cc(-c2ccccn2)nc(-c2ccccn2)c1. The van der Waals surface area contributed by atoms with Crippen LogP contribution in [0.2, 0.25) is 0 Å². The van der Waals surface area contributed by atoms with Gasteiger partial charge in [0.25, 0.3) is 0 Å². The van der Waals surface area contributed by atoms with E-state index in [4.69, 9.17) is 9.72 Å². The zero-order valence-corrected chi connectivity index (χ0v) is 20.2. The van der Waals surface area contributed by atoms with Crippen molar-refractivity contribution in [3.8, 4) is 28.5 Å². The summed E-state index contributed by atoms with van der Waals surface area (Å²) in [5.41, 5.74) is 3.29. The lowest BCUT2D eigenvalue weighted by Crippen LogP contribution is -2.00. The highest BCUT2D eigenvalue weighted by molar-refractivity contribution is 5.64. The van der Waals surface area contributed by atoms with Crippen molar-refractivity contribution in [3.63, 3.8) is 0 Å². The molecule has 33 heavy (non-hydrogen) atoms. The molecule has 3 aromatic rings. The normalized spacial score (nSPS) is 10.9. The zero-order chi connectivity index (χ0) is 23.0. The Labute approximate surface area is 199 Å². The molecule has 0 saturated heterocycles. The molecule has 0 N–H and O–H groups in total. The molecule has 0 bridgehead atoms. The third kappa shape index (κ3) is 9.33. The van der Waals surface area contributed by atoms with E-state index in [1.54, 1.807) is 12.4 Å². The second-order valence-corrected chi connectivity index (χ2v) is 8.74. The molecule has 3 aromatic heterocycles. The number of hydrogen-bond acceptors (Lipinski definition) is 4. The van der Waals surface area contributed by atoms with Gasteiger partial charge in [-0.1, -0.05) is 89.7 Å². The highest BCUT2D eigenvalue weighted by Crippen LogP contribution is 2.26. The molecule has 4 nitrogen and oxygen atoms in total. The van der Waals surface area contributed by atoms with E-state index in [9.17, 15) is 0 Å². The Morgan fingerprint density at radius 3 is 1.52 bits per heavy atom. The predicted octanol–water partition coefficient (Wildman–Crippen LogP) is 8.29. The van der Waals surface area contributed by atoms with Crippen molar-refractivity contribution >= 4 is 0 Å². The minimum Gasteiger partial charge on any atom is -0.493 e. The molecule has 0 aliphatic carbocycles. The lowest BCUT2D eigenvalue weighted by molar-refractivity contribution is 0.304. The van der Waals surface area contributed by atoms with E-state index in [2.05, 4.69) is 16.9 Å². The van der Waals surface area contributed by atoms with Crippen LogP contribution in [0.25, 0.3) is 22.8 Å². The van der Waals surface area contributed by atoms with Gasteiger partial charge in [0, 0.05) is 24.5 Å². The first-order valence-electron chi connectivity index (χ1n) is 12.8. The second kappa shape index (κ2) is 15.2. The molecule has 176 valence electrons. The Balaban J connectivity index is 1.41. The topological polar surface area (TPSA) is 47.9 Å². The fraction of sp³-hybridized carbons (Fsp3) is 0.483. The summed E-state index contributed by atoms with van der Waals surface area (Å²) >= 11 is 0. The van der Waals surface area contributed by atoms with Gasteiger partial charge >= 0.3 is 0 Å². The van der Waals surface area contributed by atoms with E-state index < -0.39 is 0 Å². The Bertz CT molecular complexity index is 842. The molecule has 0 fully saturated rings. The molecule has 0 spiro atoms. The van der Waals surface area contributed by atoms with E-state index >= 15 is 0 Å². The molecule has 0 radical (unpaired) electrons. The molecule has 0 aromatic carbocycles. The van der Waals surface area contributed by atoms with Gasteiger partial charge in [0.1, 0.15) is 5.75 Å². The van der Waals surface area contributed by atoms with E-state index in [0.29, 0.717) is 0 Å². The Kier molecular flexibility index (Phi) is 11.4. The van der Waals surface area contributed by atoms with Crippen molar-refractivity contribution in [1.82, 2.24) is 15.0 Å². The number of hydrogen-bond donors (Lipinski definition) is 0. The first-order chi connectivity index (χ1) is 16.4. The summed E-state index contributed by atoms with van der Waals surface area (Å²) in [4.78, 5) is 13.7. The van der Waals surface area contributed by atoms with E-state index in [-0.39, 0.29) is 0 Å². The smallest absolute Gasteiger partial charge is 0.123 e. The van der Waals surface area contributed by atoms with Crippen LogP contribution in [0.4, 0.5) is 0 Å². The molecule has 0 aliphatic rings. The number of ether oxygens (including phenoxy) is 1. The molecule has 3 rings (SSSR count). The summed E-state index contributed by atoms with van der Waals surface area (Å²) in [5.74, 6) is 0.828. The van der Waals surface area contributed by atoms with Crippen LogP contribution in [0.1, 0.15) is 84.0 Å². The Morgan fingerprint density at radius 1 is 0.576 bits per heavy atom. The van der Waals surface area contributed by atoms with Gasteiger partial charge in [-0.15, -0.1) is 0 Å². The second-order valence-electron chi connectivity index (χ2n) is 8.74. The molecule has 0 amide bonds. The van der Waals surface area contributed by atoms with Crippen LogP contribution in [-0.2, 0) is 0 Å². The summed E-state index contributed by atoms with van der Waals surface area (Å²) in [6.07, 6.45) is 19.7. The number of pyridine rings is 3.